The summed E-state index contributed by atoms with van der Waals surface area (Å²) >= 11 is 0. The molecule has 10 heteroatoms. The molecule has 0 saturated carbocycles. The molecule has 3 aromatic rings. The summed E-state index contributed by atoms with van der Waals surface area (Å²) in [6.07, 6.45) is 3.18. The Morgan fingerprint density at radius 1 is 1.06 bits per heavy atom. The standard InChI is InChI=1S/C25H29F2N7O/c1-15(2)34-10-11-35-24-18(26)12-17(13-21(24)34)23-19(27)14-28-25(30-23)29-22-5-4-20(31-32-22)16-6-8-33(3)9-7-16/h4-5,12-16H,6-11H2,1-3H3,(H,28,29,30,32). The predicted octanol–water partition coefficient (Wildman–Crippen LogP) is 4.37. The van der Waals surface area contributed by atoms with Gasteiger partial charge in [0.2, 0.25) is 5.95 Å². The van der Waals surface area contributed by atoms with Gasteiger partial charge in [0.25, 0.3) is 0 Å². The number of anilines is 3. The lowest BCUT2D eigenvalue weighted by atomic mass is 9.94. The molecule has 1 aromatic carbocycles. The van der Waals surface area contributed by atoms with Crippen molar-refractivity contribution in [3.8, 4) is 17.0 Å². The van der Waals surface area contributed by atoms with E-state index < -0.39 is 11.6 Å². The molecule has 35 heavy (non-hydrogen) atoms. The van der Waals surface area contributed by atoms with Crippen molar-refractivity contribution in [2.75, 3.05) is 43.5 Å². The number of benzene rings is 1. The molecule has 1 fully saturated rings. The van der Waals surface area contributed by atoms with Crippen LogP contribution in [0.2, 0.25) is 0 Å². The van der Waals surface area contributed by atoms with E-state index >= 15 is 0 Å². The van der Waals surface area contributed by atoms with Crippen LogP contribution in [0, 0.1) is 11.6 Å². The molecule has 0 amide bonds. The normalized spacial score (nSPS) is 16.8. The summed E-state index contributed by atoms with van der Waals surface area (Å²) < 4.78 is 35.2. The highest BCUT2D eigenvalue weighted by atomic mass is 19.1. The maximum Gasteiger partial charge on any atom is 0.229 e. The van der Waals surface area contributed by atoms with Gasteiger partial charge >= 0.3 is 0 Å². The summed E-state index contributed by atoms with van der Waals surface area (Å²) in [5.41, 5.74) is 1.85. The maximum atomic E-state index is 14.9. The Hall–Kier alpha value is -3.40. The van der Waals surface area contributed by atoms with Crippen molar-refractivity contribution in [3.63, 3.8) is 0 Å². The molecule has 184 valence electrons. The number of hydrogen-bond donors (Lipinski definition) is 1. The van der Waals surface area contributed by atoms with E-state index in [-0.39, 0.29) is 23.4 Å². The molecule has 0 aliphatic carbocycles. The lowest BCUT2D eigenvalue weighted by Crippen LogP contribution is -2.38. The first-order valence-electron chi connectivity index (χ1n) is 11.9. The Bertz CT molecular complexity index is 1200. The van der Waals surface area contributed by atoms with Crippen LogP contribution in [-0.4, -0.2) is 64.4 Å². The van der Waals surface area contributed by atoms with Crippen LogP contribution in [0.3, 0.4) is 0 Å². The highest BCUT2D eigenvalue weighted by Gasteiger charge is 2.26. The van der Waals surface area contributed by atoms with Gasteiger partial charge in [0.1, 0.15) is 12.3 Å². The van der Waals surface area contributed by atoms with Crippen LogP contribution in [0.4, 0.5) is 26.2 Å². The Balaban J connectivity index is 1.39. The van der Waals surface area contributed by atoms with E-state index in [1.54, 1.807) is 6.07 Å². The summed E-state index contributed by atoms with van der Waals surface area (Å²) in [7, 11) is 2.12. The second-order valence-corrected chi connectivity index (χ2v) is 9.38. The molecular formula is C25H29F2N7O. The molecule has 1 saturated heterocycles. The van der Waals surface area contributed by atoms with Crippen molar-refractivity contribution in [1.82, 2.24) is 25.1 Å². The molecule has 2 aliphatic heterocycles. The summed E-state index contributed by atoms with van der Waals surface area (Å²) in [5.74, 6) is -0.0126. The van der Waals surface area contributed by atoms with Crippen LogP contribution < -0.4 is 15.0 Å². The molecule has 1 N–H and O–H groups in total. The van der Waals surface area contributed by atoms with Gasteiger partial charge in [-0.15, -0.1) is 5.10 Å². The van der Waals surface area contributed by atoms with Crippen molar-refractivity contribution >= 4 is 17.5 Å². The van der Waals surface area contributed by atoms with E-state index in [9.17, 15) is 8.78 Å². The van der Waals surface area contributed by atoms with Crippen LogP contribution in [0.15, 0.2) is 30.5 Å². The third-order valence-corrected chi connectivity index (χ3v) is 6.61. The average Bonchev–Trinajstić information content (AvgIpc) is 2.86. The fourth-order valence-electron chi connectivity index (χ4n) is 4.65. The zero-order valence-corrected chi connectivity index (χ0v) is 20.1. The number of aromatic nitrogens is 4. The molecular weight excluding hydrogens is 452 g/mol. The lowest BCUT2D eigenvalue weighted by molar-refractivity contribution is 0.253. The van der Waals surface area contributed by atoms with Gasteiger partial charge in [-0.2, -0.15) is 5.10 Å². The Morgan fingerprint density at radius 3 is 2.57 bits per heavy atom. The highest BCUT2D eigenvalue weighted by molar-refractivity contribution is 5.73. The van der Waals surface area contributed by atoms with E-state index in [0.717, 1.165) is 37.8 Å². The van der Waals surface area contributed by atoms with Gasteiger partial charge in [-0.1, -0.05) is 0 Å². The maximum absolute atomic E-state index is 14.9. The van der Waals surface area contributed by atoms with Gasteiger partial charge in [-0.05, 0) is 71.1 Å². The Kier molecular flexibility index (Phi) is 6.46. The van der Waals surface area contributed by atoms with Crippen LogP contribution >= 0.6 is 0 Å². The second-order valence-electron chi connectivity index (χ2n) is 9.38. The number of piperidine rings is 1. The minimum atomic E-state index is -0.647. The van der Waals surface area contributed by atoms with E-state index in [2.05, 4.69) is 37.4 Å². The van der Waals surface area contributed by atoms with Gasteiger partial charge in [-0.25, -0.2) is 18.7 Å². The van der Waals surface area contributed by atoms with Crippen LogP contribution in [0.25, 0.3) is 11.3 Å². The van der Waals surface area contributed by atoms with Gasteiger partial charge in [0.05, 0.1) is 24.1 Å². The summed E-state index contributed by atoms with van der Waals surface area (Å²) in [6, 6.07) is 6.87. The van der Waals surface area contributed by atoms with Crippen molar-refractivity contribution in [1.29, 1.82) is 0 Å². The number of halogens is 2. The number of nitrogens with zero attached hydrogens (tertiary/aromatic N) is 6. The first-order chi connectivity index (χ1) is 16.9. The van der Waals surface area contributed by atoms with E-state index in [1.165, 1.54) is 6.07 Å². The molecule has 0 bridgehead atoms. The molecule has 8 nitrogen and oxygen atoms in total. The number of nitrogens with one attached hydrogen (secondary N) is 1. The molecule has 4 heterocycles. The topological polar surface area (TPSA) is 79.3 Å². The molecule has 0 atom stereocenters. The average molecular weight is 482 g/mol. The molecule has 2 aliphatic rings. The van der Waals surface area contributed by atoms with Crippen molar-refractivity contribution < 1.29 is 13.5 Å². The number of ether oxygens (including phenoxy) is 1. The van der Waals surface area contributed by atoms with Gasteiger partial charge in [-0.3, -0.25) is 0 Å². The number of fused-ring (bicyclic) bond motifs is 1. The predicted molar refractivity (Wildman–Crippen MR) is 130 cm³/mol. The zero-order chi connectivity index (χ0) is 24.5. The van der Waals surface area contributed by atoms with Crippen molar-refractivity contribution in [3.05, 3.63) is 47.8 Å². The van der Waals surface area contributed by atoms with E-state index in [4.69, 9.17) is 4.74 Å². The van der Waals surface area contributed by atoms with Crippen LogP contribution in [0.1, 0.15) is 38.3 Å². The van der Waals surface area contributed by atoms with Crippen LogP contribution in [-0.2, 0) is 0 Å². The SMILES string of the molecule is CC(C)N1CCOc2c(F)cc(-c3nc(Nc4ccc(C5CCN(C)CC5)nn4)ncc3F)cc21. The smallest absolute Gasteiger partial charge is 0.229 e. The van der Waals surface area contributed by atoms with Gasteiger partial charge < -0.3 is 19.9 Å². The van der Waals surface area contributed by atoms with E-state index in [0.29, 0.717) is 36.1 Å². The van der Waals surface area contributed by atoms with E-state index in [1.807, 2.05) is 30.9 Å². The minimum Gasteiger partial charge on any atom is -0.486 e. The fraction of sp³-hybridized carbons (Fsp3) is 0.440. The quantitative estimate of drug-likeness (QED) is 0.576. The third kappa shape index (κ3) is 4.88. The summed E-state index contributed by atoms with van der Waals surface area (Å²) in [6.45, 7) is 7.15. The monoisotopic (exact) mass is 481 g/mol. The lowest BCUT2D eigenvalue weighted by Gasteiger charge is -2.34. The number of rotatable bonds is 5. The van der Waals surface area contributed by atoms with Crippen molar-refractivity contribution in [2.24, 2.45) is 0 Å². The second kappa shape index (κ2) is 9.69. The molecule has 0 spiro atoms. The zero-order valence-electron chi connectivity index (χ0n) is 20.1. The van der Waals surface area contributed by atoms with Crippen molar-refractivity contribution in [2.45, 2.75) is 38.6 Å². The highest BCUT2D eigenvalue weighted by Crippen LogP contribution is 2.39. The molecule has 0 unspecified atom stereocenters. The molecule has 0 radical (unpaired) electrons. The number of hydrogen-bond acceptors (Lipinski definition) is 8. The van der Waals surface area contributed by atoms with Gasteiger partial charge in [0.15, 0.2) is 23.2 Å². The minimum absolute atomic E-state index is 0.00520. The third-order valence-electron chi connectivity index (χ3n) is 6.61. The summed E-state index contributed by atoms with van der Waals surface area (Å²) in [4.78, 5) is 12.7. The fourth-order valence-corrected chi connectivity index (χ4v) is 4.65. The van der Waals surface area contributed by atoms with Gasteiger partial charge in [0, 0.05) is 17.5 Å². The Labute approximate surface area is 203 Å². The molecule has 2 aromatic heterocycles. The summed E-state index contributed by atoms with van der Waals surface area (Å²) in [5, 5.41) is 11.6. The first-order valence-corrected chi connectivity index (χ1v) is 11.9. The van der Waals surface area contributed by atoms with Crippen LogP contribution in [0.5, 0.6) is 5.75 Å². The first kappa shape index (κ1) is 23.3. The number of likely N-dealkylation sites (tertiary alicyclic amines) is 1. The Morgan fingerprint density at radius 2 is 1.86 bits per heavy atom. The molecule has 5 rings (SSSR count). The largest absolute Gasteiger partial charge is 0.486 e.